The van der Waals surface area contributed by atoms with Gasteiger partial charge in [0.2, 0.25) is 5.91 Å². The first kappa shape index (κ1) is 27.6. The van der Waals surface area contributed by atoms with Crippen molar-refractivity contribution in [3.8, 4) is 6.07 Å². The first-order valence-corrected chi connectivity index (χ1v) is 11.4. The van der Waals surface area contributed by atoms with Crippen LogP contribution in [0.5, 0.6) is 0 Å². The van der Waals surface area contributed by atoms with Gasteiger partial charge in [0.25, 0.3) is 5.91 Å². The average molecular weight is 521 g/mol. The summed E-state index contributed by atoms with van der Waals surface area (Å²) in [5, 5.41) is 12.8. The van der Waals surface area contributed by atoms with Crippen molar-refractivity contribution >= 4 is 21.7 Å². The van der Waals surface area contributed by atoms with Crippen LogP contribution in [0.1, 0.15) is 27.0 Å². The van der Waals surface area contributed by atoms with E-state index in [9.17, 15) is 44.3 Å². The van der Waals surface area contributed by atoms with Gasteiger partial charge in [-0.05, 0) is 29.8 Å². The summed E-state index contributed by atoms with van der Waals surface area (Å²) in [5.74, 6) is -4.50. The van der Waals surface area contributed by atoms with Crippen molar-refractivity contribution in [2.45, 2.75) is 24.1 Å². The first-order valence-electron chi connectivity index (χ1n) is 9.62. The molecule has 0 bridgehead atoms. The molecule has 0 aliphatic heterocycles. The molecule has 2 N–H and O–H groups in total. The van der Waals surface area contributed by atoms with Crippen LogP contribution in [0.25, 0.3) is 0 Å². The van der Waals surface area contributed by atoms with Crippen LogP contribution in [0.3, 0.4) is 0 Å². The van der Waals surface area contributed by atoms with Crippen LogP contribution in [-0.4, -0.2) is 38.6 Å². The van der Waals surface area contributed by atoms with Gasteiger partial charge in [0.15, 0.2) is 9.84 Å². The summed E-state index contributed by atoms with van der Waals surface area (Å²) in [7, 11) is -4.60. The van der Waals surface area contributed by atoms with Gasteiger partial charge >= 0.3 is 12.4 Å². The Balaban J connectivity index is 2.35. The number of nitrogens with one attached hydrogen (secondary N) is 2. The number of hydrogen-bond acceptors (Lipinski definition) is 5. The number of amides is 2. The van der Waals surface area contributed by atoms with Gasteiger partial charge < -0.3 is 10.6 Å². The summed E-state index contributed by atoms with van der Waals surface area (Å²) in [6.45, 7) is -0.548. The molecular formula is C21H17F6N3O4S. The quantitative estimate of drug-likeness (QED) is 0.409. The van der Waals surface area contributed by atoms with Crippen molar-refractivity contribution in [1.29, 1.82) is 5.26 Å². The van der Waals surface area contributed by atoms with Gasteiger partial charge in [-0.2, -0.15) is 31.6 Å². The molecule has 2 aromatic carbocycles. The van der Waals surface area contributed by atoms with E-state index in [1.165, 1.54) is 24.3 Å². The highest BCUT2D eigenvalue weighted by Gasteiger charge is 2.39. The van der Waals surface area contributed by atoms with Crippen LogP contribution in [0.2, 0.25) is 0 Å². The lowest BCUT2D eigenvalue weighted by Gasteiger charge is -2.19. The van der Waals surface area contributed by atoms with E-state index in [-0.39, 0.29) is 11.6 Å². The van der Waals surface area contributed by atoms with Crippen molar-refractivity contribution in [3.05, 3.63) is 70.8 Å². The largest absolute Gasteiger partial charge is 0.416 e. The molecule has 0 aliphatic rings. The van der Waals surface area contributed by atoms with Crippen molar-refractivity contribution in [1.82, 2.24) is 10.6 Å². The minimum atomic E-state index is -5.29. The van der Waals surface area contributed by atoms with E-state index in [2.05, 4.69) is 10.6 Å². The predicted molar refractivity (Wildman–Crippen MR) is 110 cm³/mol. The maximum Gasteiger partial charge on any atom is 0.416 e. The van der Waals surface area contributed by atoms with E-state index in [0.29, 0.717) is 12.1 Å². The van der Waals surface area contributed by atoms with Crippen LogP contribution in [0.15, 0.2) is 48.5 Å². The Bertz CT molecular complexity index is 1220. The molecule has 1 atom stereocenters. The smallest absolute Gasteiger partial charge is 0.341 e. The SMILES string of the molecule is N#CCNC(=O)[C@H](CS(=O)(=O)Cc1ccc(C(F)(F)F)cc1C(F)(F)F)NC(=O)c1ccccc1. The fraction of sp³-hybridized carbons (Fsp3) is 0.286. The minimum Gasteiger partial charge on any atom is -0.341 e. The molecule has 2 amide bonds. The Morgan fingerprint density at radius 2 is 1.60 bits per heavy atom. The number of sulfone groups is 1. The Morgan fingerprint density at radius 1 is 0.971 bits per heavy atom. The van der Waals surface area contributed by atoms with Crippen molar-refractivity contribution < 1.29 is 44.3 Å². The Labute approximate surface area is 195 Å². The number of rotatable bonds is 8. The summed E-state index contributed by atoms with van der Waals surface area (Å²) >= 11 is 0. The molecule has 14 heteroatoms. The molecule has 0 aromatic heterocycles. The molecule has 0 unspecified atom stereocenters. The highest BCUT2D eigenvalue weighted by atomic mass is 32.2. The van der Waals surface area contributed by atoms with Gasteiger partial charge in [0.1, 0.15) is 12.6 Å². The molecular weight excluding hydrogens is 504 g/mol. The summed E-state index contributed by atoms with van der Waals surface area (Å²) in [6.07, 6.45) is -10.4. The molecule has 2 rings (SSSR count). The predicted octanol–water partition coefficient (Wildman–Crippen LogP) is 3.08. The van der Waals surface area contributed by atoms with Crippen LogP contribution >= 0.6 is 0 Å². The zero-order valence-electron chi connectivity index (χ0n) is 17.6. The number of halogens is 6. The highest BCUT2D eigenvalue weighted by Crippen LogP contribution is 2.37. The standard InChI is InChI=1S/C21H17F6N3O4S/c22-20(23,24)15-7-6-14(16(10-15)21(25,26)27)11-35(33,34)12-17(19(32)29-9-8-28)30-18(31)13-4-2-1-3-5-13/h1-7,10,17H,9,11-12H2,(H,29,32)(H,30,31)/t17-/m0/s1. The van der Waals surface area contributed by atoms with E-state index in [4.69, 9.17) is 5.26 Å². The van der Waals surface area contributed by atoms with E-state index in [1.54, 1.807) is 12.1 Å². The second kappa shape index (κ2) is 10.8. The zero-order chi connectivity index (χ0) is 26.4. The summed E-state index contributed by atoms with van der Waals surface area (Å²) < 4.78 is 104. The molecule has 0 saturated heterocycles. The monoisotopic (exact) mass is 521 g/mol. The summed E-state index contributed by atoms with van der Waals surface area (Å²) in [6, 6.07) is 7.55. The number of carbonyl (C=O) groups is 2. The van der Waals surface area contributed by atoms with Gasteiger partial charge in [-0.3, -0.25) is 9.59 Å². The average Bonchev–Trinajstić information content (AvgIpc) is 2.75. The number of benzene rings is 2. The van der Waals surface area contributed by atoms with Gasteiger partial charge in [-0.15, -0.1) is 0 Å². The molecule has 0 aliphatic carbocycles. The van der Waals surface area contributed by atoms with Crippen molar-refractivity contribution in [2.24, 2.45) is 0 Å². The lowest BCUT2D eigenvalue weighted by atomic mass is 10.0. The number of nitrogens with zero attached hydrogens (tertiary/aromatic N) is 1. The molecule has 7 nitrogen and oxygen atoms in total. The van der Waals surface area contributed by atoms with Crippen LogP contribution in [0, 0.1) is 11.3 Å². The van der Waals surface area contributed by atoms with E-state index in [1.807, 2.05) is 0 Å². The van der Waals surface area contributed by atoms with Crippen molar-refractivity contribution in [2.75, 3.05) is 12.3 Å². The third-order valence-electron chi connectivity index (χ3n) is 4.54. The molecule has 0 fully saturated rings. The Hall–Kier alpha value is -3.60. The van der Waals surface area contributed by atoms with Crippen LogP contribution in [-0.2, 0) is 32.7 Å². The second-order valence-corrected chi connectivity index (χ2v) is 9.30. The molecule has 0 radical (unpaired) electrons. The molecule has 0 saturated carbocycles. The topological polar surface area (TPSA) is 116 Å². The van der Waals surface area contributed by atoms with Crippen LogP contribution < -0.4 is 10.6 Å². The lowest BCUT2D eigenvalue weighted by molar-refractivity contribution is -0.143. The third kappa shape index (κ3) is 7.99. The number of carbonyl (C=O) groups excluding carboxylic acids is 2. The number of alkyl halides is 6. The normalized spacial score (nSPS) is 12.9. The molecule has 0 heterocycles. The summed E-state index contributed by atoms with van der Waals surface area (Å²) in [5.41, 5.74) is -4.33. The maximum absolute atomic E-state index is 13.4. The second-order valence-electron chi connectivity index (χ2n) is 7.19. The zero-order valence-corrected chi connectivity index (χ0v) is 18.4. The number of nitriles is 1. The fourth-order valence-corrected chi connectivity index (χ4v) is 4.54. The lowest BCUT2D eigenvalue weighted by Crippen LogP contribution is -2.50. The number of hydrogen-bond donors (Lipinski definition) is 2. The highest BCUT2D eigenvalue weighted by molar-refractivity contribution is 7.90. The van der Waals surface area contributed by atoms with Gasteiger partial charge in [-0.25, -0.2) is 8.42 Å². The molecule has 0 spiro atoms. The Morgan fingerprint density at radius 3 is 2.14 bits per heavy atom. The third-order valence-corrected chi connectivity index (χ3v) is 6.13. The fourth-order valence-electron chi connectivity index (χ4n) is 2.96. The Kier molecular flexibility index (Phi) is 8.50. The van der Waals surface area contributed by atoms with Crippen LogP contribution in [0.4, 0.5) is 26.3 Å². The van der Waals surface area contributed by atoms with E-state index in [0.717, 1.165) is 0 Å². The van der Waals surface area contributed by atoms with E-state index < -0.39 is 74.8 Å². The van der Waals surface area contributed by atoms with Gasteiger partial charge in [0.05, 0.1) is 28.7 Å². The summed E-state index contributed by atoms with van der Waals surface area (Å²) in [4.78, 5) is 24.7. The first-order chi connectivity index (χ1) is 16.1. The molecule has 2 aromatic rings. The molecule has 188 valence electrons. The van der Waals surface area contributed by atoms with E-state index >= 15 is 0 Å². The molecule has 35 heavy (non-hydrogen) atoms. The maximum atomic E-state index is 13.4. The van der Waals surface area contributed by atoms with Crippen molar-refractivity contribution in [3.63, 3.8) is 0 Å². The minimum absolute atomic E-state index is 0.0464. The van der Waals surface area contributed by atoms with Gasteiger partial charge in [0, 0.05) is 5.56 Å². The van der Waals surface area contributed by atoms with Gasteiger partial charge in [-0.1, -0.05) is 24.3 Å².